The van der Waals surface area contributed by atoms with E-state index in [-0.39, 0.29) is 31.4 Å². The Labute approximate surface area is 322 Å². The molecule has 5 amide bonds. The summed E-state index contributed by atoms with van der Waals surface area (Å²) in [7, 11) is -3.90. The van der Waals surface area contributed by atoms with Gasteiger partial charge in [-0.3, -0.25) is 24.0 Å². The van der Waals surface area contributed by atoms with Crippen molar-refractivity contribution in [1.29, 1.82) is 0 Å². The second-order valence-corrected chi connectivity index (χ2v) is 18.8. The summed E-state index contributed by atoms with van der Waals surface area (Å²) >= 11 is 0. The Hall–Kier alpha value is -4.40. The van der Waals surface area contributed by atoms with Crippen LogP contribution in [0.2, 0.25) is 0 Å². The van der Waals surface area contributed by atoms with Crippen molar-refractivity contribution in [1.82, 2.24) is 25.2 Å². The largest absolute Gasteiger partial charge is 0.449 e. The van der Waals surface area contributed by atoms with E-state index in [9.17, 15) is 32.4 Å². The lowest BCUT2D eigenvalue weighted by Gasteiger charge is -2.30. The summed E-state index contributed by atoms with van der Waals surface area (Å²) in [5, 5.41) is 4.98. The lowest BCUT2D eigenvalue weighted by Crippen LogP contribution is -2.58. The predicted molar refractivity (Wildman–Crippen MR) is 202 cm³/mol. The van der Waals surface area contributed by atoms with E-state index >= 15 is 0 Å². The highest BCUT2D eigenvalue weighted by molar-refractivity contribution is 7.91. The molecule has 1 aromatic rings. The molecule has 7 rings (SSSR count). The minimum atomic E-state index is -3.90. The second kappa shape index (κ2) is 15.6. The number of fused-ring (bicyclic) bond motifs is 4. The molecule has 6 aliphatic rings. The number of benzene rings is 1. The molecule has 15 heteroatoms. The van der Waals surface area contributed by atoms with Gasteiger partial charge in [-0.1, -0.05) is 69.2 Å². The first-order valence-corrected chi connectivity index (χ1v) is 21.3. The molecule has 298 valence electrons. The van der Waals surface area contributed by atoms with Gasteiger partial charge in [0, 0.05) is 18.9 Å². The number of alkyl carbamates (subject to hydrolysis) is 1. The van der Waals surface area contributed by atoms with Gasteiger partial charge in [-0.25, -0.2) is 18.0 Å². The molecular formula is C40H53N5O9S. The third kappa shape index (κ3) is 8.86. The van der Waals surface area contributed by atoms with Crippen molar-refractivity contribution in [2.45, 2.75) is 133 Å². The number of amides is 5. The summed E-state index contributed by atoms with van der Waals surface area (Å²) in [4.78, 5) is 72.4. The monoisotopic (exact) mass is 779 g/mol. The highest BCUT2D eigenvalue weighted by Crippen LogP contribution is 2.46. The first-order valence-electron chi connectivity index (χ1n) is 19.8. The van der Waals surface area contributed by atoms with Crippen molar-refractivity contribution in [3.05, 3.63) is 53.1 Å². The van der Waals surface area contributed by atoms with Crippen LogP contribution in [0.1, 0.15) is 108 Å². The Balaban J connectivity index is 1.18. The van der Waals surface area contributed by atoms with Crippen molar-refractivity contribution in [2.24, 2.45) is 11.3 Å². The molecule has 3 fully saturated rings. The first kappa shape index (κ1) is 38.9. The second-order valence-electron chi connectivity index (χ2n) is 16.8. The standard InChI is InChI=1S/C40H53N5O9S/c1-39(2)19-10-6-7-12-26-13-11-14-27-22-44(24-31(26)27)38(50)54-29-20-33-34(46)42-40(36(48)43-55(51,52)30-17-18-30)21-28(40)15-8-4-3-5-9-16-32(35(47)45(33)23-29)41-37(49)53-25-39/h7-8,11-15,28-30,32-33H,3-6,9-10,16-25H2,1-2H3,(H,41,49)(H,42,46)(H,43,48)/b12-7-,15-8-/t28-,29+,32-,33-,40+/m0/s1. The summed E-state index contributed by atoms with van der Waals surface area (Å²) in [5.74, 6) is -2.45. The van der Waals surface area contributed by atoms with E-state index in [1.54, 1.807) is 4.90 Å². The Bertz CT molecular complexity index is 1870. The van der Waals surface area contributed by atoms with Gasteiger partial charge < -0.3 is 25.0 Å². The van der Waals surface area contributed by atoms with E-state index < -0.39 is 74.8 Å². The summed E-state index contributed by atoms with van der Waals surface area (Å²) < 4.78 is 39.5. The van der Waals surface area contributed by atoms with Gasteiger partial charge in [-0.15, -0.1) is 0 Å². The molecule has 4 aliphatic heterocycles. The number of hydrogen-bond acceptors (Lipinski definition) is 9. The highest BCUT2D eigenvalue weighted by Gasteiger charge is 2.62. The van der Waals surface area contributed by atoms with Gasteiger partial charge in [-0.2, -0.15) is 0 Å². The molecule has 3 N–H and O–H groups in total. The van der Waals surface area contributed by atoms with Crippen LogP contribution in [-0.4, -0.2) is 90.3 Å². The highest BCUT2D eigenvalue weighted by atomic mass is 32.2. The van der Waals surface area contributed by atoms with Gasteiger partial charge in [-0.05, 0) is 79.9 Å². The van der Waals surface area contributed by atoms with Crippen LogP contribution < -0.4 is 15.4 Å². The van der Waals surface area contributed by atoms with Crippen LogP contribution in [0.5, 0.6) is 0 Å². The molecule has 0 unspecified atom stereocenters. The van der Waals surface area contributed by atoms with Crippen LogP contribution in [0.3, 0.4) is 0 Å². The Morgan fingerprint density at radius 3 is 2.58 bits per heavy atom. The molecule has 0 spiro atoms. The maximum atomic E-state index is 14.5. The van der Waals surface area contributed by atoms with Crippen LogP contribution >= 0.6 is 0 Å². The number of allylic oxidation sites excluding steroid dienone is 2. The van der Waals surface area contributed by atoms with Crippen molar-refractivity contribution >= 4 is 46.0 Å². The van der Waals surface area contributed by atoms with Crippen molar-refractivity contribution in [3.63, 3.8) is 0 Å². The van der Waals surface area contributed by atoms with Crippen molar-refractivity contribution < 1.29 is 41.9 Å². The topological polar surface area (TPSA) is 181 Å². The van der Waals surface area contributed by atoms with Crippen LogP contribution in [0.4, 0.5) is 9.59 Å². The number of hydrogen-bond donors (Lipinski definition) is 3. The fourth-order valence-corrected chi connectivity index (χ4v) is 9.59. The number of nitrogens with one attached hydrogen (secondary N) is 3. The van der Waals surface area contributed by atoms with E-state index in [2.05, 4.69) is 27.5 Å². The van der Waals surface area contributed by atoms with Gasteiger partial charge in [0.1, 0.15) is 23.7 Å². The molecule has 5 bridgehead atoms. The number of carbonyl (C=O) groups excluding carboxylic acids is 5. The fraction of sp³-hybridized carbons (Fsp3) is 0.625. The molecule has 1 aromatic carbocycles. The molecule has 0 aromatic heterocycles. The lowest BCUT2D eigenvalue weighted by molar-refractivity contribution is -0.141. The molecule has 2 aliphatic carbocycles. The lowest BCUT2D eigenvalue weighted by atomic mass is 9.88. The Kier molecular flexibility index (Phi) is 11.0. The zero-order valence-electron chi connectivity index (χ0n) is 31.7. The van der Waals surface area contributed by atoms with Gasteiger partial charge in [0.25, 0.3) is 5.91 Å². The number of rotatable bonds is 3. The third-order valence-corrected chi connectivity index (χ3v) is 13.6. The fourth-order valence-electron chi connectivity index (χ4n) is 8.22. The molecule has 55 heavy (non-hydrogen) atoms. The van der Waals surface area contributed by atoms with Gasteiger partial charge >= 0.3 is 12.2 Å². The minimum Gasteiger partial charge on any atom is -0.449 e. The predicted octanol–water partition coefficient (Wildman–Crippen LogP) is 4.43. The molecule has 14 nitrogen and oxygen atoms in total. The van der Waals surface area contributed by atoms with E-state index in [1.807, 2.05) is 44.2 Å². The maximum Gasteiger partial charge on any atom is 0.410 e. The summed E-state index contributed by atoms with van der Waals surface area (Å²) in [6, 6.07) is 3.78. The maximum absolute atomic E-state index is 14.5. The normalized spacial score (nSPS) is 31.6. The van der Waals surface area contributed by atoms with Crippen LogP contribution in [0.15, 0.2) is 36.4 Å². The summed E-state index contributed by atoms with van der Waals surface area (Å²) in [5.41, 5.74) is 1.24. The number of sulfonamides is 1. The first-order chi connectivity index (χ1) is 26.2. The van der Waals surface area contributed by atoms with Gasteiger partial charge in [0.2, 0.25) is 21.8 Å². The number of ether oxygens (including phenoxy) is 2. The SMILES string of the molecule is CC1(C)CCC/C=C\c2cccc3c2CN(C3)C(=O)O[C@@H]2C[C@H]3C(=O)N[C@]4(C(=O)NS(=O)(=O)C5CC5)C[C@@H]4/C=C\CCCCC[C@H](NC(=O)OC1)C(=O)N3C2. The van der Waals surface area contributed by atoms with Crippen LogP contribution in [0, 0.1) is 11.3 Å². The average Bonchev–Trinajstić information content (AvgIpc) is 4.02. The zero-order chi connectivity index (χ0) is 39.0. The summed E-state index contributed by atoms with van der Waals surface area (Å²) in [6.07, 6.45) is 12.5. The average molecular weight is 780 g/mol. The van der Waals surface area contributed by atoms with Gasteiger partial charge in [0.05, 0.1) is 24.9 Å². The molecular weight excluding hydrogens is 727 g/mol. The number of nitrogens with zero attached hydrogens (tertiary/aromatic N) is 2. The Morgan fingerprint density at radius 1 is 0.982 bits per heavy atom. The van der Waals surface area contributed by atoms with Crippen molar-refractivity contribution in [2.75, 3.05) is 13.2 Å². The minimum absolute atomic E-state index is 0.0535. The molecule has 0 radical (unpaired) electrons. The molecule has 5 atom stereocenters. The Morgan fingerprint density at radius 2 is 1.78 bits per heavy atom. The van der Waals surface area contributed by atoms with E-state index in [0.717, 1.165) is 48.8 Å². The van der Waals surface area contributed by atoms with E-state index in [0.29, 0.717) is 45.2 Å². The van der Waals surface area contributed by atoms with Crippen LogP contribution in [-0.2, 0) is 47.0 Å². The zero-order valence-corrected chi connectivity index (χ0v) is 32.5. The van der Waals surface area contributed by atoms with E-state index in [1.165, 1.54) is 4.90 Å². The third-order valence-electron chi connectivity index (χ3n) is 11.8. The van der Waals surface area contributed by atoms with Crippen molar-refractivity contribution in [3.8, 4) is 0 Å². The molecule has 2 saturated carbocycles. The molecule has 4 heterocycles. The summed E-state index contributed by atoms with van der Waals surface area (Å²) in [6.45, 7) is 4.80. The number of cyclic esters (lactones) is 1. The number of carbonyl (C=O) groups is 5. The quantitative estimate of drug-likeness (QED) is 0.374. The van der Waals surface area contributed by atoms with Gasteiger partial charge in [0.15, 0.2) is 0 Å². The van der Waals surface area contributed by atoms with Crippen LogP contribution in [0.25, 0.3) is 6.08 Å². The molecule has 1 saturated heterocycles. The van der Waals surface area contributed by atoms with E-state index in [4.69, 9.17) is 9.47 Å². The smallest absolute Gasteiger partial charge is 0.410 e.